The molecule has 0 saturated carbocycles. The van der Waals surface area contributed by atoms with Gasteiger partial charge in [0.15, 0.2) is 0 Å². The molecule has 2 aromatic rings. The maximum atomic E-state index is 11.6. The Kier molecular flexibility index (Phi) is 4.80. The number of urea groups is 1. The molecular weight excluding hydrogens is 260 g/mol. The lowest BCUT2D eigenvalue weighted by Crippen LogP contribution is -2.30. The number of carbonyl (C=O) groups is 1. The Hall–Kier alpha value is -2.01. The molecule has 0 radical (unpaired) electrons. The van der Waals surface area contributed by atoms with E-state index in [1.54, 1.807) is 7.11 Å². The van der Waals surface area contributed by atoms with E-state index < -0.39 is 0 Å². The number of amides is 2. The van der Waals surface area contributed by atoms with Gasteiger partial charge in [0.1, 0.15) is 5.75 Å². The number of carbonyl (C=O) groups excluding carboxylic acids is 1. The van der Waals surface area contributed by atoms with Crippen molar-refractivity contribution >= 4 is 22.4 Å². The monoisotopic (exact) mass is 276 g/mol. The van der Waals surface area contributed by atoms with E-state index in [2.05, 4.69) is 10.6 Å². The van der Waals surface area contributed by atoms with Crippen molar-refractivity contribution in [1.82, 2.24) is 5.32 Å². The number of anilines is 1. The number of para-hydroxylation sites is 1. The summed E-state index contributed by atoms with van der Waals surface area (Å²) in [6.45, 7) is 0.567. The minimum absolute atomic E-state index is 0.183. The minimum atomic E-state index is -0.183. The number of hydrogen-bond acceptors (Lipinski definition) is 3. The predicted molar refractivity (Wildman–Crippen MR) is 78.0 cm³/mol. The number of nitrogens with one attached hydrogen (secondary N) is 2. The highest BCUT2D eigenvalue weighted by Gasteiger charge is 2.04. The van der Waals surface area contributed by atoms with Gasteiger partial charge < -0.3 is 10.1 Å². The zero-order chi connectivity index (χ0) is 13.5. The second-order valence-electron chi connectivity index (χ2n) is 3.92. The third-order valence-electron chi connectivity index (χ3n) is 2.63. The van der Waals surface area contributed by atoms with Crippen molar-refractivity contribution in [2.45, 2.75) is 6.42 Å². The topological polar surface area (TPSA) is 50.4 Å². The van der Waals surface area contributed by atoms with E-state index in [4.69, 9.17) is 4.74 Å². The quantitative estimate of drug-likeness (QED) is 0.881. The van der Waals surface area contributed by atoms with Crippen LogP contribution in [0.25, 0.3) is 0 Å². The molecule has 0 aliphatic heterocycles. The van der Waals surface area contributed by atoms with Crippen LogP contribution in [-0.2, 0) is 6.42 Å². The zero-order valence-corrected chi connectivity index (χ0v) is 11.5. The first kappa shape index (κ1) is 13.4. The molecule has 19 heavy (non-hydrogen) atoms. The summed E-state index contributed by atoms with van der Waals surface area (Å²) >= 11 is 1.50. The van der Waals surface area contributed by atoms with E-state index in [0.29, 0.717) is 6.54 Å². The van der Waals surface area contributed by atoms with Gasteiger partial charge in [-0.2, -0.15) is 0 Å². The number of thiophene rings is 1. The van der Waals surface area contributed by atoms with Crippen LogP contribution in [0.4, 0.5) is 9.80 Å². The van der Waals surface area contributed by atoms with Gasteiger partial charge in [-0.3, -0.25) is 5.32 Å². The minimum Gasteiger partial charge on any atom is -0.496 e. The molecule has 2 amide bonds. The molecule has 4 nitrogen and oxygen atoms in total. The summed E-state index contributed by atoms with van der Waals surface area (Å²) in [5, 5.41) is 8.36. The summed E-state index contributed by atoms with van der Waals surface area (Å²) in [6.07, 6.45) is 0.738. The Bertz CT molecular complexity index is 526. The lowest BCUT2D eigenvalue weighted by Gasteiger charge is -2.09. The smallest absolute Gasteiger partial charge is 0.319 e. The van der Waals surface area contributed by atoms with Crippen molar-refractivity contribution in [3.05, 3.63) is 47.3 Å². The first-order valence-electron chi connectivity index (χ1n) is 6.00. The molecule has 0 aliphatic rings. The molecule has 0 atom stereocenters. The predicted octanol–water partition coefficient (Wildman–Crippen LogP) is 3.12. The fraction of sp³-hybridized carbons (Fsp3) is 0.214. The van der Waals surface area contributed by atoms with Crippen LogP contribution in [0, 0.1) is 0 Å². The number of hydrogen-bond donors (Lipinski definition) is 2. The molecule has 1 aromatic heterocycles. The Morgan fingerprint density at radius 2 is 2.11 bits per heavy atom. The van der Waals surface area contributed by atoms with Gasteiger partial charge in [0.2, 0.25) is 0 Å². The maximum absolute atomic E-state index is 11.6. The molecule has 1 aromatic carbocycles. The molecule has 0 unspecified atom stereocenters. The van der Waals surface area contributed by atoms with Crippen molar-refractivity contribution in [3.8, 4) is 5.75 Å². The van der Waals surface area contributed by atoms with Crippen LogP contribution in [0.15, 0.2) is 41.8 Å². The van der Waals surface area contributed by atoms with E-state index in [-0.39, 0.29) is 6.03 Å². The van der Waals surface area contributed by atoms with Crippen LogP contribution in [0.3, 0.4) is 0 Å². The maximum Gasteiger partial charge on any atom is 0.319 e. The number of methoxy groups -OCH3 is 1. The second kappa shape index (κ2) is 6.80. The van der Waals surface area contributed by atoms with Crippen LogP contribution in [0.1, 0.15) is 5.56 Å². The summed E-state index contributed by atoms with van der Waals surface area (Å²) in [4.78, 5) is 11.6. The molecule has 0 saturated heterocycles. The summed E-state index contributed by atoms with van der Waals surface area (Å²) in [5.74, 6) is 0.850. The molecule has 0 spiro atoms. The molecule has 1 heterocycles. The zero-order valence-electron chi connectivity index (χ0n) is 10.7. The molecule has 100 valence electrons. The van der Waals surface area contributed by atoms with Crippen LogP contribution in [-0.4, -0.2) is 19.7 Å². The van der Waals surface area contributed by atoms with Crippen molar-refractivity contribution in [2.24, 2.45) is 0 Å². The number of ether oxygens (including phenoxy) is 1. The first-order valence-corrected chi connectivity index (χ1v) is 6.88. The van der Waals surface area contributed by atoms with Crippen LogP contribution >= 0.6 is 11.3 Å². The Balaban J connectivity index is 1.78. The first-order chi connectivity index (χ1) is 9.29. The molecule has 0 bridgehead atoms. The fourth-order valence-electron chi connectivity index (χ4n) is 1.73. The fourth-order valence-corrected chi connectivity index (χ4v) is 2.34. The molecule has 2 rings (SSSR count). The molecule has 0 aliphatic carbocycles. The highest BCUT2D eigenvalue weighted by molar-refractivity contribution is 7.14. The SMILES string of the molecule is COc1ccccc1CCNC(=O)Nc1cccs1. The number of benzene rings is 1. The van der Waals surface area contributed by atoms with Gasteiger partial charge in [0.25, 0.3) is 0 Å². The second-order valence-corrected chi connectivity index (χ2v) is 4.87. The average molecular weight is 276 g/mol. The van der Waals surface area contributed by atoms with Gasteiger partial charge >= 0.3 is 6.03 Å². The highest BCUT2D eigenvalue weighted by atomic mass is 32.1. The Morgan fingerprint density at radius 3 is 2.84 bits per heavy atom. The lowest BCUT2D eigenvalue weighted by molar-refractivity contribution is 0.252. The van der Waals surface area contributed by atoms with Crippen molar-refractivity contribution in [1.29, 1.82) is 0 Å². The summed E-state index contributed by atoms with van der Waals surface area (Å²) < 4.78 is 5.26. The molecular formula is C14H16N2O2S. The van der Waals surface area contributed by atoms with Gasteiger partial charge in [-0.15, -0.1) is 11.3 Å². The van der Waals surface area contributed by atoms with Crippen molar-refractivity contribution in [2.75, 3.05) is 19.0 Å². The van der Waals surface area contributed by atoms with Gasteiger partial charge in [-0.05, 0) is 35.6 Å². The van der Waals surface area contributed by atoms with Crippen molar-refractivity contribution in [3.63, 3.8) is 0 Å². The van der Waals surface area contributed by atoms with Gasteiger partial charge in [-0.25, -0.2) is 4.79 Å². The van der Waals surface area contributed by atoms with Crippen LogP contribution < -0.4 is 15.4 Å². The molecule has 5 heteroatoms. The van der Waals surface area contributed by atoms with E-state index in [0.717, 1.165) is 22.7 Å². The lowest BCUT2D eigenvalue weighted by atomic mass is 10.1. The highest BCUT2D eigenvalue weighted by Crippen LogP contribution is 2.17. The third-order valence-corrected chi connectivity index (χ3v) is 3.42. The van der Waals surface area contributed by atoms with Gasteiger partial charge in [-0.1, -0.05) is 18.2 Å². The summed E-state index contributed by atoms with van der Waals surface area (Å²) in [7, 11) is 1.65. The Morgan fingerprint density at radius 1 is 1.26 bits per heavy atom. The van der Waals surface area contributed by atoms with Crippen LogP contribution in [0.5, 0.6) is 5.75 Å². The van der Waals surface area contributed by atoms with Crippen molar-refractivity contribution < 1.29 is 9.53 Å². The molecule has 2 N–H and O–H groups in total. The van der Waals surface area contributed by atoms with E-state index in [1.165, 1.54) is 11.3 Å². The summed E-state index contributed by atoms with van der Waals surface area (Å²) in [5.41, 5.74) is 1.08. The third kappa shape index (κ3) is 3.99. The van der Waals surface area contributed by atoms with Gasteiger partial charge in [0.05, 0.1) is 12.1 Å². The number of rotatable bonds is 5. The van der Waals surface area contributed by atoms with Gasteiger partial charge in [0, 0.05) is 6.54 Å². The van der Waals surface area contributed by atoms with E-state index in [1.807, 2.05) is 41.8 Å². The largest absolute Gasteiger partial charge is 0.496 e. The standard InChI is InChI=1S/C14H16N2O2S/c1-18-12-6-3-2-5-11(12)8-9-15-14(17)16-13-7-4-10-19-13/h2-7,10H,8-9H2,1H3,(H2,15,16,17). The Labute approximate surface area is 116 Å². The van der Waals surface area contributed by atoms with E-state index >= 15 is 0 Å². The van der Waals surface area contributed by atoms with Crippen LogP contribution in [0.2, 0.25) is 0 Å². The molecule has 0 fully saturated rings. The average Bonchev–Trinajstić information content (AvgIpc) is 2.92. The summed E-state index contributed by atoms with van der Waals surface area (Å²) in [6, 6.07) is 11.4. The normalized spacial score (nSPS) is 9.95. The van der Waals surface area contributed by atoms with E-state index in [9.17, 15) is 4.79 Å².